The third-order valence-corrected chi connectivity index (χ3v) is 3.33. The molecule has 0 spiro atoms. The molecule has 2 aromatic carbocycles. The molecule has 1 atom stereocenters. The van der Waals surface area contributed by atoms with Gasteiger partial charge in [-0.25, -0.2) is 0 Å². The molecule has 21 heavy (non-hydrogen) atoms. The van der Waals surface area contributed by atoms with E-state index in [1.54, 1.807) is 7.11 Å². The van der Waals surface area contributed by atoms with E-state index in [-0.39, 0.29) is 0 Å². The molecule has 0 saturated heterocycles. The lowest BCUT2D eigenvalue weighted by Crippen LogP contribution is -2.33. The van der Waals surface area contributed by atoms with E-state index in [9.17, 15) is 4.79 Å². The van der Waals surface area contributed by atoms with Crippen LogP contribution in [0.2, 0.25) is 0 Å². The fourth-order valence-corrected chi connectivity index (χ4v) is 2.19. The van der Waals surface area contributed by atoms with Gasteiger partial charge >= 0.3 is 5.97 Å². The summed E-state index contributed by atoms with van der Waals surface area (Å²) >= 11 is 0. The molecule has 0 aliphatic carbocycles. The highest BCUT2D eigenvalue weighted by atomic mass is 16.5. The smallest absolute Gasteiger partial charge is 0.322 e. The van der Waals surface area contributed by atoms with E-state index < -0.39 is 12.0 Å². The van der Waals surface area contributed by atoms with Crippen LogP contribution in [0.5, 0.6) is 5.75 Å². The minimum absolute atomic E-state index is 0.399. The molecule has 2 rings (SSSR count). The molecule has 0 fully saturated rings. The summed E-state index contributed by atoms with van der Waals surface area (Å²) in [5, 5.41) is 0. The summed E-state index contributed by atoms with van der Waals surface area (Å²) < 4.78 is 9.99. The fourth-order valence-electron chi connectivity index (χ4n) is 2.19. The van der Waals surface area contributed by atoms with Crippen LogP contribution in [0.4, 0.5) is 0 Å². The predicted molar refractivity (Wildman–Crippen MR) is 82.1 cm³/mol. The van der Waals surface area contributed by atoms with Gasteiger partial charge in [0.25, 0.3) is 0 Å². The van der Waals surface area contributed by atoms with Crippen molar-refractivity contribution in [3.63, 3.8) is 0 Å². The summed E-state index contributed by atoms with van der Waals surface area (Å²) in [5.74, 6) is 0.431. The van der Waals surface area contributed by atoms with Gasteiger partial charge in [0.1, 0.15) is 11.8 Å². The summed E-state index contributed by atoms with van der Waals surface area (Å²) in [6, 6.07) is 15.1. The SMILES string of the molecule is COC(=O)C(N)Cc1ccc(-c2ccccc2OC)cc1. The summed E-state index contributed by atoms with van der Waals surface area (Å²) in [7, 11) is 3.00. The van der Waals surface area contributed by atoms with Crippen LogP contribution in [-0.4, -0.2) is 26.2 Å². The highest BCUT2D eigenvalue weighted by Crippen LogP contribution is 2.29. The minimum atomic E-state index is -0.632. The van der Waals surface area contributed by atoms with E-state index in [0.717, 1.165) is 22.4 Å². The normalized spacial score (nSPS) is 11.8. The van der Waals surface area contributed by atoms with E-state index in [2.05, 4.69) is 4.74 Å². The molecule has 0 aromatic heterocycles. The van der Waals surface area contributed by atoms with Gasteiger partial charge in [-0.3, -0.25) is 4.79 Å². The van der Waals surface area contributed by atoms with Crippen LogP contribution >= 0.6 is 0 Å². The third kappa shape index (κ3) is 3.61. The maximum atomic E-state index is 11.3. The number of hydrogen-bond donors (Lipinski definition) is 1. The molecule has 4 heteroatoms. The maximum absolute atomic E-state index is 11.3. The molecular weight excluding hydrogens is 266 g/mol. The Kier molecular flexibility index (Phi) is 4.95. The number of esters is 1. The molecule has 0 aliphatic rings. The molecule has 0 aliphatic heterocycles. The van der Waals surface area contributed by atoms with E-state index in [1.165, 1.54) is 7.11 Å². The average Bonchev–Trinajstić information content (AvgIpc) is 2.54. The van der Waals surface area contributed by atoms with E-state index in [1.807, 2.05) is 48.5 Å². The Hall–Kier alpha value is -2.33. The second-order valence-corrected chi connectivity index (χ2v) is 4.73. The Bertz CT molecular complexity index is 608. The van der Waals surface area contributed by atoms with Gasteiger partial charge in [-0.15, -0.1) is 0 Å². The molecule has 0 saturated carbocycles. The Labute approximate surface area is 124 Å². The first-order chi connectivity index (χ1) is 10.2. The van der Waals surface area contributed by atoms with Gasteiger partial charge in [-0.1, -0.05) is 42.5 Å². The van der Waals surface area contributed by atoms with Crippen molar-refractivity contribution in [2.75, 3.05) is 14.2 Å². The highest BCUT2D eigenvalue weighted by molar-refractivity contribution is 5.76. The van der Waals surface area contributed by atoms with Gasteiger partial charge in [0.15, 0.2) is 0 Å². The first kappa shape index (κ1) is 15.1. The first-order valence-electron chi connectivity index (χ1n) is 6.71. The summed E-state index contributed by atoms with van der Waals surface area (Å²) in [4.78, 5) is 11.3. The Morgan fingerprint density at radius 2 is 1.76 bits per heavy atom. The Morgan fingerprint density at radius 1 is 1.10 bits per heavy atom. The summed E-state index contributed by atoms with van der Waals surface area (Å²) in [6.45, 7) is 0. The Balaban J connectivity index is 2.17. The second kappa shape index (κ2) is 6.90. The zero-order chi connectivity index (χ0) is 15.2. The number of carbonyl (C=O) groups is 1. The van der Waals surface area contributed by atoms with Crippen molar-refractivity contribution in [3.05, 3.63) is 54.1 Å². The largest absolute Gasteiger partial charge is 0.496 e. The number of benzene rings is 2. The van der Waals surface area contributed by atoms with E-state index in [4.69, 9.17) is 10.5 Å². The lowest BCUT2D eigenvalue weighted by molar-refractivity contribution is -0.142. The van der Waals surface area contributed by atoms with Gasteiger partial charge in [0.05, 0.1) is 14.2 Å². The van der Waals surface area contributed by atoms with Gasteiger partial charge < -0.3 is 15.2 Å². The second-order valence-electron chi connectivity index (χ2n) is 4.73. The van der Waals surface area contributed by atoms with Crippen LogP contribution in [-0.2, 0) is 16.0 Å². The number of methoxy groups -OCH3 is 2. The minimum Gasteiger partial charge on any atom is -0.496 e. The van der Waals surface area contributed by atoms with Gasteiger partial charge in [0.2, 0.25) is 0 Å². The molecule has 2 N–H and O–H groups in total. The van der Waals surface area contributed by atoms with Crippen molar-refractivity contribution in [3.8, 4) is 16.9 Å². The first-order valence-corrected chi connectivity index (χ1v) is 6.71. The van der Waals surface area contributed by atoms with Crippen LogP contribution in [0, 0.1) is 0 Å². The van der Waals surface area contributed by atoms with Crippen LogP contribution in [0.25, 0.3) is 11.1 Å². The molecular formula is C17H19NO3. The van der Waals surface area contributed by atoms with Crippen molar-refractivity contribution < 1.29 is 14.3 Å². The predicted octanol–water partition coefficient (Wildman–Crippen LogP) is 2.41. The van der Waals surface area contributed by atoms with E-state index >= 15 is 0 Å². The molecule has 0 amide bonds. The zero-order valence-corrected chi connectivity index (χ0v) is 12.2. The Morgan fingerprint density at radius 3 is 2.38 bits per heavy atom. The molecule has 110 valence electrons. The zero-order valence-electron chi connectivity index (χ0n) is 12.2. The summed E-state index contributed by atoms with van der Waals surface area (Å²) in [5.41, 5.74) is 8.84. The number of para-hydroxylation sites is 1. The van der Waals surface area contributed by atoms with Crippen molar-refractivity contribution in [2.45, 2.75) is 12.5 Å². The topological polar surface area (TPSA) is 61.5 Å². The van der Waals surface area contributed by atoms with Crippen molar-refractivity contribution >= 4 is 5.97 Å². The number of ether oxygens (including phenoxy) is 2. The molecule has 2 aromatic rings. The average molecular weight is 285 g/mol. The lowest BCUT2D eigenvalue weighted by atomic mass is 10.0. The fraction of sp³-hybridized carbons (Fsp3) is 0.235. The van der Waals surface area contributed by atoms with Crippen molar-refractivity contribution in [2.24, 2.45) is 5.73 Å². The lowest BCUT2D eigenvalue weighted by Gasteiger charge is -2.11. The van der Waals surface area contributed by atoms with Gasteiger partial charge in [-0.2, -0.15) is 0 Å². The number of carbonyl (C=O) groups excluding carboxylic acids is 1. The quantitative estimate of drug-likeness (QED) is 0.857. The molecule has 1 unspecified atom stereocenters. The van der Waals surface area contributed by atoms with Crippen LogP contribution in [0.15, 0.2) is 48.5 Å². The highest BCUT2D eigenvalue weighted by Gasteiger charge is 2.14. The third-order valence-electron chi connectivity index (χ3n) is 3.33. The van der Waals surface area contributed by atoms with Crippen molar-refractivity contribution in [1.82, 2.24) is 0 Å². The summed E-state index contributed by atoms with van der Waals surface area (Å²) in [6.07, 6.45) is 0.457. The monoisotopic (exact) mass is 285 g/mol. The number of nitrogens with two attached hydrogens (primary N) is 1. The van der Waals surface area contributed by atoms with Crippen molar-refractivity contribution in [1.29, 1.82) is 0 Å². The van der Waals surface area contributed by atoms with E-state index in [0.29, 0.717) is 6.42 Å². The molecule has 0 heterocycles. The molecule has 4 nitrogen and oxygen atoms in total. The molecule has 0 bridgehead atoms. The van der Waals surface area contributed by atoms with Crippen LogP contribution < -0.4 is 10.5 Å². The van der Waals surface area contributed by atoms with Gasteiger partial charge in [-0.05, 0) is 23.6 Å². The number of rotatable bonds is 5. The number of hydrogen-bond acceptors (Lipinski definition) is 4. The van der Waals surface area contributed by atoms with Crippen LogP contribution in [0.3, 0.4) is 0 Å². The standard InChI is InChI=1S/C17H19NO3/c1-20-16-6-4-3-5-14(16)13-9-7-12(8-10-13)11-15(18)17(19)21-2/h3-10,15H,11,18H2,1-2H3. The maximum Gasteiger partial charge on any atom is 0.322 e. The molecule has 0 radical (unpaired) electrons. The van der Waals surface area contributed by atoms with Gasteiger partial charge in [0, 0.05) is 5.56 Å². The van der Waals surface area contributed by atoms with Crippen LogP contribution in [0.1, 0.15) is 5.56 Å².